The number of pyridine rings is 1. The van der Waals surface area contributed by atoms with Gasteiger partial charge in [-0.2, -0.15) is 26.3 Å². The summed E-state index contributed by atoms with van der Waals surface area (Å²) < 4.78 is 107. The molecular weight excluding hydrogens is 360 g/mol. The van der Waals surface area contributed by atoms with E-state index in [4.69, 9.17) is 0 Å². The van der Waals surface area contributed by atoms with Crippen molar-refractivity contribution in [3.63, 3.8) is 0 Å². The predicted octanol–water partition coefficient (Wildman–Crippen LogP) is 5.32. The summed E-state index contributed by atoms with van der Waals surface area (Å²) in [5, 5.41) is 0. The molecule has 0 fully saturated rings. The Bertz CT molecular complexity index is 953. The molecule has 0 aliphatic rings. The van der Waals surface area contributed by atoms with E-state index in [0.29, 0.717) is 10.5 Å². The van der Waals surface area contributed by atoms with Gasteiger partial charge in [-0.15, -0.1) is 0 Å². The maximum absolute atomic E-state index is 14.2. The zero-order valence-corrected chi connectivity index (χ0v) is 11.9. The van der Waals surface area contributed by atoms with Gasteiger partial charge in [0.1, 0.15) is 28.5 Å². The van der Waals surface area contributed by atoms with Crippen molar-refractivity contribution in [2.24, 2.45) is 0 Å². The summed E-state index contributed by atoms with van der Waals surface area (Å²) in [5.41, 5.74) is -6.12. The van der Waals surface area contributed by atoms with Crippen molar-refractivity contribution in [1.29, 1.82) is 0 Å². The van der Waals surface area contributed by atoms with E-state index >= 15 is 0 Å². The second-order valence-electron chi connectivity index (χ2n) is 5.02. The zero-order chi connectivity index (χ0) is 18.6. The molecule has 0 saturated heterocycles. The Hall–Kier alpha value is -2.65. The van der Waals surface area contributed by atoms with Gasteiger partial charge in [-0.1, -0.05) is 6.07 Å². The number of halogens is 8. The minimum atomic E-state index is -5.41. The number of benzene rings is 1. The smallest absolute Gasteiger partial charge is 0.295 e. The monoisotopic (exact) mass is 366 g/mol. The Balaban J connectivity index is 2.39. The molecule has 0 radical (unpaired) electrons. The van der Waals surface area contributed by atoms with Gasteiger partial charge in [0.25, 0.3) is 0 Å². The van der Waals surface area contributed by atoms with E-state index in [1.165, 1.54) is 18.2 Å². The van der Waals surface area contributed by atoms with Crippen LogP contribution in [0.1, 0.15) is 11.3 Å². The summed E-state index contributed by atoms with van der Waals surface area (Å²) in [4.78, 5) is 3.58. The van der Waals surface area contributed by atoms with Gasteiger partial charge in [-0.05, 0) is 24.3 Å². The first-order chi connectivity index (χ1) is 11.5. The molecular formula is C15H6F8N2. The van der Waals surface area contributed by atoms with Crippen LogP contribution in [0.4, 0.5) is 35.1 Å². The summed E-state index contributed by atoms with van der Waals surface area (Å²) in [6, 6.07) is 4.53. The lowest BCUT2D eigenvalue weighted by Gasteiger charge is -2.13. The van der Waals surface area contributed by atoms with Crippen molar-refractivity contribution in [2.75, 3.05) is 0 Å². The van der Waals surface area contributed by atoms with Crippen LogP contribution in [0.3, 0.4) is 0 Å². The molecule has 0 amide bonds. The lowest BCUT2D eigenvalue weighted by molar-refractivity contribution is -0.142. The van der Waals surface area contributed by atoms with Gasteiger partial charge in [0.05, 0.1) is 0 Å². The van der Waals surface area contributed by atoms with Gasteiger partial charge in [0.15, 0.2) is 5.69 Å². The van der Waals surface area contributed by atoms with E-state index in [-0.39, 0.29) is 11.7 Å². The molecule has 1 aromatic carbocycles. The average Bonchev–Trinajstić information content (AvgIpc) is 2.84. The quantitative estimate of drug-likeness (QED) is 0.533. The van der Waals surface area contributed by atoms with Crippen LogP contribution >= 0.6 is 0 Å². The molecule has 0 unspecified atom stereocenters. The van der Waals surface area contributed by atoms with E-state index < -0.39 is 46.5 Å². The lowest BCUT2D eigenvalue weighted by atomic mass is 10.0. The van der Waals surface area contributed by atoms with Crippen LogP contribution in [0.5, 0.6) is 0 Å². The highest BCUT2D eigenvalue weighted by atomic mass is 19.4. The van der Waals surface area contributed by atoms with E-state index in [1.54, 1.807) is 0 Å². The Morgan fingerprint density at radius 2 is 1.52 bits per heavy atom. The average molecular weight is 366 g/mol. The van der Waals surface area contributed by atoms with Crippen LogP contribution in [0, 0.1) is 11.6 Å². The summed E-state index contributed by atoms with van der Waals surface area (Å²) in [5.74, 6) is -4.08. The molecule has 0 spiro atoms. The third-order valence-corrected chi connectivity index (χ3v) is 3.43. The SMILES string of the molecule is Fc1ccc(-c2nc3ccccn3c2C(F)(F)F)c(F)c1C(F)(F)F. The van der Waals surface area contributed by atoms with E-state index in [0.717, 1.165) is 6.20 Å². The lowest BCUT2D eigenvalue weighted by Crippen LogP contribution is -2.14. The van der Waals surface area contributed by atoms with Crippen molar-refractivity contribution in [3.8, 4) is 11.3 Å². The molecule has 0 aliphatic heterocycles. The number of fused-ring (bicyclic) bond motifs is 1. The van der Waals surface area contributed by atoms with Crippen molar-refractivity contribution in [3.05, 3.63) is 59.4 Å². The maximum atomic E-state index is 14.2. The first kappa shape index (κ1) is 17.2. The molecule has 0 aliphatic carbocycles. The van der Waals surface area contributed by atoms with Gasteiger partial charge in [0, 0.05) is 11.8 Å². The summed E-state index contributed by atoms with van der Waals surface area (Å²) in [6.07, 6.45) is -9.46. The van der Waals surface area contributed by atoms with Crippen molar-refractivity contribution in [1.82, 2.24) is 9.38 Å². The van der Waals surface area contributed by atoms with Crippen LogP contribution in [0.2, 0.25) is 0 Å². The van der Waals surface area contributed by atoms with Gasteiger partial charge in [-0.25, -0.2) is 13.8 Å². The van der Waals surface area contributed by atoms with Crippen molar-refractivity contribution >= 4 is 5.65 Å². The minimum absolute atomic E-state index is 0.248. The highest BCUT2D eigenvalue weighted by Crippen LogP contribution is 2.41. The van der Waals surface area contributed by atoms with Crippen molar-refractivity contribution in [2.45, 2.75) is 12.4 Å². The molecule has 2 heterocycles. The molecule has 0 atom stereocenters. The third-order valence-electron chi connectivity index (χ3n) is 3.43. The molecule has 2 aromatic heterocycles. The molecule has 0 bridgehead atoms. The first-order valence-corrected chi connectivity index (χ1v) is 6.61. The molecule has 3 rings (SSSR count). The fourth-order valence-electron chi connectivity index (χ4n) is 2.45. The maximum Gasteiger partial charge on any atom is 0.433 e. The Morgan fingerprint density at radius 3 is 2.12 bits per heavy atom. The molecule has 2 nitrogen and oxygen atoms in total. The Kier molecular flexibility index (Phi) is 3.73. The number of nitrogens with zero attached hydrogens (tertiary/aromatic N) is 2. The Labute approximate surface area is 134 Å². The normalized spacial score (nSPS) is 12.8. The van der Waals surface area contributed by atoms with Gasteiger partial charge in [0.2, 0.25) is 0 Å². The zero-order valence-electron chi connectivity index (χ0n) is 11.9. The summed E-state index contributed by atoms with van der Waals surface area (Å²) in [6.45, 7) is 0. The van der Waals surface area contributed by atoms with E-state index in [9.17, 15) is 35.1 Å². The van der Waals surface area contributed by atoms with Crippen LogP contribution in [0.15, 0.2) is 36.5 Å². The number of hydrogen-bond acceptors (Lipinski definition) is 1. The molecule has 0 N–H and O–H groups in total. The van der Waals surface area contributed by atoms with Crippen molar-refractivity contribution < 1.29 is 35.1 Å². The molecule has 10 heteroatoms. The second kappa shape index (κ2) is 5.43. The molecule has 0 saturated carbocycles. The third kappa shape index (κ3) is 2.81. The summed E-state index contributed by atoms with van der Waals surface area (Å²) >= 11 is 0. The van der Waals surface area contributed by atoms with E-state index in [2.05, 4.69) is 4.98 Å². The number of hydrogen-bond donors (Lipinski definition) is 0. The van der Waals surface area contributed by atoms with Gasteiger partial charge < -0.3 is 0 Å². The predicted molar refractivity (Wildman–Crippen MR) is 70.5 cm³/mol. The van der Waals surface area contributed by atoms with Gasteiger partial charge in [-0.3, -0.25) is 4.40 Å². The Morgan fingerprint density at radius 1 is 0.840 bits per heavy atom. The molecule has 25 heavy (non-hydrogen) atoms. The fraction of sp³-hybridized carbons (Fsp3) is 0.133. The topological polar surface area (TPSA) is 17.3 Å². The van der Waals surface area contributed by atoms with Crippen LogP contribution in [-0.4, -0.2) is 9.38 Å². The van der Waals surface area contributed by atoms with E-state index in [1.807, 2.05) is 0 Å². The second-order valence-corrected chi connectivity index (χ2v) is 5.02. The number of aromatic nitrogens is 2. The minimum Gasteiger partial charge on any atom is -0.295 e. The van der Waals surface area contributed by atoms with Crippen LogP contribution in [0.25, 0.3) is 16.9 Å². The van der Waals surface area contributed by atoms with Crippen LogP contribution in [-0.2, 0) is 12.4 Å². The highest BCUT2D eigenvalue weighted by molar-refractivity contribution is 5.69. The molecule has 3 aromatic rings. The fourth-order valence-corrected chi connectivity index (χ4v) is 2.45. The summed E-state index contributed by atoms with van der Waals surface area (Å²) in [7, 11) is 0. The highest BCUT2D eigenvalue weighted by Gasteiger charge is 2.42. The van der Waals surface area contributed by atoms with Crippen LogP contribution < -0.4 is 0 Å². The first-order valence-electron chi connectivity index (χ1n) is 6.61. The number of alkyl halides is 6. The largest absolute Gasteiger partial charge is 0.433 e. The number of rotatable bonds is 1. The standard InChI is InChI=1S/C15H6F8N2/c16-8-5-4-7(11(17)10(8)14(18,19)20)12-13(15(21,22)23)25-6-2-1-3-9(25)24-12/h1-6H. The van der Waals surface area contributed by atoms with Gasteiger partial charge >= 0.3 is 12.4 Å². The molecule has 132 valence electrons. The number of imidazole rings is 1.